The van der Waals surface area contributed by atoms with Gasteiger partial charge in [-0.3, -0.25) is 9.59 Å². The second kappa shape index (κ2) is 9.92. The molecule has 0 saturated heterocycles. The van der Waals surface area contributed by atoms with E-state index in [1.54, 1.807) is 13.8 Å². The summed E-state index contributed by atoms with van der Waals surface area (Å²) in [5, 5.41) is 45.8. The van der Waals surface area contributed by atoms with Crippen molar-refractivity contribution in [3.63, 3.8) is 0 Å². The molecular formula is C20H22N4O6. The number of nitrogens with one attached hydrogen (secondary N) is 2. The maximum Gasteiger partial charge on any atom is 0.240 e. The Labute approximate surface area is 172 Å². The number of hydrogen-bond donors (Lipinski definition) is 6. The van der Waals surface area contributed by atoms with E-state index < -0.39 is 11.8 Å². The third-order valence-corrected chi connectivity index (χ3v) is 4.02. The first-order valence-electron chi connectivity index (χ1n) is 8.88. The number of rotatable bonds is 7. The summed E-state index contributed by atoms with van der Waals surface area (Å²) >= 11 is 0. The average Bonchev–Trinajstić information content (AvgIpc) is 2.68. The first kappa shape index (κ1) is 22.2. The molecule has 0 aliphatic rings. The van der Waals surface area contributed by atoms with E-state index in [1.165, 1.54) is 24.3 Å². The number of phenols is 4. The SMILES string of the molecule is CC(=NNC(=O)CCC(=O)NN=C(C)c1ccc(O)cc1O)c1ccc(O)cc1O. The normalized spacial score (nSPS) is 11.8. The Kier molecular flexibility index (Phi) is 7.34. The molecule has 0 atom stereocenters. The van der Waals surface area contributed by atoms with Crippen molar-refractivity contribution >= 4 is 23.2 Å². The van der Waals surface area contributed by atoms with E-state index in [9.17, 15) is 30.0 Å². The van der Waals surface area contributed by atoms with Crippen molar-refractivity contribution in [1.29, 1.82) is 0 Å². The lowest BCUT2D eigenvalue weighted by Gasteiger charge is -2.06. The number of benzene rings is 2. The number of aromatic hydroxyl groups is 4. The van der Waals surface area contributed by atoms with Gasteiger partial charge >= 0.3 is 0 Å². The Morgan fingerprint density at radius 1 is 0.733 bits per heavy atom. The van der Waals surface area contributed by atoms with Gasteiger partial charge in [0.2, 0.25) is 11.8 Å². The highest BCUT2D eigenvalue weighted by molar-refractivity contribution is 6.02. The minimum absolute atomic E-state index is 0.0994. The number of nitrogens with zero attached hydrogens (tertiary/aromatic N) is 2. The zero-order valence-electron chi connectivity index (χ0n) is 16.4. The van der Waals surface area contributed by atoms with Crippen molar-refractivity contribution in [2.24, 2.45) is 10.2 Å². The molecule has 0 fully saturated rings. The minimum atomic E-state index is -0.514. The van der Waals surface area contributed by atoms with Crippen LogP contribution in [0.3, 0.4) is 0 Å². The van der Waals surface area contributed by atoms with Crippen LogP contribution >= 0.6 is 0 Å². The molecular weight excluding hydrogens is 392 g/mol. The molecule has 10 nitrogen and oxygen atoms in total. The van der Waals surface area contributed by atoms with Crippen LogP contribution in [0.15, 0.2) is 46.6 Å². The van der Waals surface area contributed by atoms with Gasteiger partial charge in [-0.05, 0) is 38.1 Å². The van der Waals surface area contributed by atoms with Crippen LogP contribution in [0.5, 0.6) is 23.0 Å². The summed E-state index contributed by atoms with van der Waals surface area (Å²) in [6.45, 7) is 3.13. The lowest BCUT2D eigenvalue weighted by atomic mass is 10.1. The summed E-state index contributed by atoms with van der Waals surface area (Å²) < 4.78 is 0. The van der Waals surface area contributed by atoms with Crippen LogP contribution in [0.4, 0.5) is 0 Å². The molecule has 6 N–H and O–H groups in total. The largest absolute Gasteiger partial charge is 0.508 e. The van der Waals surface area contributed by atoms with Gasteiger partial charge in [-0.2, -0.15) is 10.2 Å². The van der Waals surface area contributed by atoms with Gasteiger partial charge in [-0.1, -0.05) is 0 Å². The monoisotopic (exact) mass is 414 g/mol. The van der Waals surface area contributed by atoms with Gasteiger partial charge in [0, 0.05) is 36.1 Å². The van der Waals surface area contributed by atoms with Crippen LogP contribution in [-0.2, 0) is 9.59 Å². The van der Waals surface area contributed by atoms with Gasteiger partial charge in [0.25, 0.3) is 0 Å². The smallest absolute Gasteiger partial charge is 0.240 e. The van der Waals surface area contributed by atoms with Gasteiger partial charge in [-0.25, -0.2) is 10.9 Å². The van der Waals surface area contributed by atoms with Crippen molar-refractivity contribution in [1.82, 2.24) is 10.9 Å². The van der Waals surface area contributed by atoms with E-state index in [2.05, 4.69) is 21.1 Å². The molecule has 2 aromatic rings. The fraction of sp³-hybridized carbons (Fsp3) is 0.200. The second-order valence-corrected chi connectivity index (χ2v) is 6.37. The number of carbonyl (C=O) groups is 2. The molecule has 0 unspecified atom stereocenters. The highest BCUT2D eigenvalue weighted by Crippen LogP contribution is 2.23. The Hall–Kier alpha value is -4.08. The highest BCUT2D eigenvalue weighted by atomic mass is 16.3. The number of hydrogen-bond acceptors (Lipinski definition) is 8. The minimum Gasteiger partial charge on any atom is -0.508 e. The van der Waals surface area contributed by atoms with Crippen LogP contribution in [0.2, 0.25) is 0 Å². The molecule has 0 aromatic heterocycles. The third-order valence-electron chi connectivity index (χ3n) is 4.02. The number of phenolic OH excluding ortho intramolecular Hbond substituents is 4. The van der Waals surface area contributed by atoms with E-state index in [0.29, 0.717) is 22.6 Å². The lowest BCUT2D eigenvalue weighted by Crippen LogP contribution is -2.24. The summed E-state index contributed by atoms with van der Waals surface area (Å²) in [5.74, 6) is -1.59. The number of amides is 2. The molecule has 30 heavy (non-hydrogen) atoms. The Morgan fingerprint density at radius 3 is 1.43 bits per heavy atom. The van der Waals surface area contributed by atoms with E-state index in [0.717, 1.165) is 12.1 Å². The molecule has 10 heteroatoms. The van der Waals surface area contributed by atoms with Gasteiger partial charge in [0.05, 0.1) is 11.4 Å². The zero-order chi connectivity index (χ0) is 22.3. The summed E-state index contributed by atoms with van der Waals surface area (Å²) in [5.41, 5.74) is 5.89. The van der Waals surface area contributed by atoms with Gasteiger partial charge in [0.1, 0.15) is 23.0 Å². The Morgan fingerprint density at radius 2 is 1.10 bits per heavy atom. The molecule has 0 bridgehead atoms. The van der Waals surface area contributed by atoms with Crippen molar-refractivity contribution < 1.29 is 30.0 Å². The predicted molar refractivity (Wildman–Crippen MR) is 109 cm³/mol. The first-order chi connectivity index (χ1) is 14.2. The maximum atomic E-state index is 11.9. The molecule has 0 aliphatic carbocycles. The van der Waals surface area contributed by atoms with Gasteiger partial charge < -0.3 is 20.4 Å². The quantitative estimate of drug-likeness (QED) is 0.298. The molecule has 2 aromatic carbocycles. The van der Waals surface area contributed by atoms with Gasteiger partial charge in [-0.15, -0.1) is 0 Å². The van der Waals surface area contributed by atoms with E-state index in [-0.39, 0.29) is 35.8 Å². The third kappa shape index (κ3) is 6.23. The van der Waals surface area contributed by atoms with E-state index >= 15 is 0 Å². The Bertz CT molecular complexity index is 935. The van der Waals surface area contributed by atoms with Gasteiger partial charge in [0.15, 0.2) is 0 Å². The second-order valence-electron chi connectivity index (χ2n) is 6.37. The summed E-state index contributed by atoms with van der Waals surface area (Å²) in [4.78, 5) is 23.7. The van der Waals surface area contributed by atoms with Crippen molar-refractivity contribution in [2.75, 3.05) is 0 Å². The summed E-state index contributed by atoms with van der Waals surface area (Å²) in [6.07, 6.45) is -0.299. The van der Waals surface area contributed by atoms with E-state index in [4.69, 9.17) is 0 Å². The van der Waals surface area contributed by atoms with Crippen molar-refractivity contribution in [2.45, 2.75) is 26.7 Å². The molecule has 0 saturated carbocycles. The fourth-order valence-electron chi connectivity index (χ4n) is 2.40. The van der Waals surface area contributed by atoms with Crippen LogP contribution in [0, 0.1) is 0 Å². The van der Waals surface area contributed by atoms with Crippen LogP contribution in [0.1, 0.15) is 37.8 Å². The van der Waals surface area contributed by atoms with Crippen LogP contribution in [-0.4, -0.2) is 43.7 Å². The number of carbonyl (C=O) groups excluding carboxylic acids is 2. The Balaban J connectivity index is 1.84. The molecule has 158 valence electrons. The molecule has 2 amide bonds. The van der Waals surface area contributed by atoms with E-state index in [1.807, 2.05) is 0 Å². The predicted octanol–water partition coefficient (Wildman–Crippen LogP) is 1.67. The molecule has 0 spiro atoms. The lowest BCUT2D eigenvalue weighted by molar-refractivity contribution is -0.126. The molecule has 0 radical (unpaired) electrons. The molecule has 2 rings (SSSR count). The first-order valence-corrected chi connectivity index (χ1v) is 8.88. The highest BCUT2D eigenvalue weighted by Gasteiger charge is 2.10. The molecule has 0 heterocycles. The average molecular weight is 414 g/mol. The van der Waals surface area contributed by atoms with Crippen molar-refractivity contribution in [3.05, 3.63) is 47.5 Å². The standard InChI is InChI=1S/C20H22N4O6/c1-11(15-5-3-13(25)9-17(15)27)21-23-19(29)7-8-20(30)24-22-12(2)16-6-4-14(26)10-18(16)28/h3-6,9-10,25-28H,7-8H2,1-2H3,(H,23,29)(H,24,30). The summed E-state index contributed by atoms with van der Waals surface area (Å²) in [6, 6.07) is 7.97. The van der Waals surface area contributed by atoms with Crippen molar-refractivity contribution in [3.8, 4) is 23.0 Å². The van der Waals surface area contributed by atoms with Crippen LogP contribution in [0.25, 0.3) is 0 Å². The summed E-state index contributed by atoms with van der Waals surface area (Å²) in [7, 11) is 0. The number of hydrazone groups is 2. The maximum absolute atomic E-state index is 11.9. The zero-order valence-corrected chi connectivity index (χ0v) is 16.4. The fourth-order valence-corrected chi connectivity index (χ4v) is 2.40. The molecule has 0 aliphatic heterocycles. The topological polar surface area (TPSA) is 164 Å². The van der Waals surface area contributed by atoms with Crippen LogP contribution < -0.4 is 10.9 Å².